The molecule has 0 aliphatic carbocycles. The summed E-state index contributed by atoms with van der Waals surface area (Å²) < 4.78 is 16.9. The van der Waals surface area contributed by atoms with Crippen LogP contribution in [0.1, 0.15) is 117 Å². The summed E-state index contributed by atoms with van der Waals surface area (Å²) in [6, 6.07) is 0. The van der Waals surface area contributed by atoms with Gasteiger partial charge in [-0.25, -0.2) is 0 Å². The molecule has 0 aromatic heterocycles. The van der Waals surface area contributed by atoms with Crippen molar-refractivity contribution in [3.8, 4) is 0 Å². The highest BCUT2D eigenvalue weighted by Crippen LogP contribution is 2.32. The van der Waals surface area contributed by atoms with Crippen LogP contribution in [-0.2, 0) is 14.2 Å². The molecule has 0 spiro atoms. The van der Waals surface area contributed by atoms with E-state index in [9.17, 15) is 0 Å². The number of ether oxygens (including phenoxy) is 3. The largest absolute Gasteiger partial charge is 0.369 e. The Morgan fingerprint density at radius 1 is 0.731 bits per heavy atom. The van der Waals surface area contributed by atoms with Gasteiger partial charge in [0.15, 0.2) is 0 Å². The Kier molecular flexibility index (Phi) is 15.6. The highest BCUT2D eigenvalue weighted by Gasteiger charge is 2.39. The molecule has 0 radical (unpaired) electrons. The zero-order valence-corrected chi connectivity index (χ0v) is 18.0. The van der Waals surface area contributed by atoms with Gasteiger partial charge in [-0.3, -0.25) is 0 Å². The Hall–Kier alpha value is -0.120. The first-order chi connectivity index (χ1) is 12.8. The number of unbranched alkanes of at least 4 members (excludes halogenated alkanes) is 11. The van der Waals surface area contributed by atoms with Gasteiger partial charge >= 0.3 is 0 Å². The third kappa shape index (κ3) is 13.1. The van der Waals surface area contributed by atoms with E-state index in [1.807, 2.05) is 0 Å². The summed E-state index contributed by atoms with van der Waals surface area (Å²) in [6.07, 6.45) is 22.4. The van der Waals surface area contributed by atoms with Gasteiger partial charge in [0.1, 0.15) is 6.79 Å². The minimum absolute atomic E-state index is 0.310. The van der Waals surface area contributed by atoms with Crippen LogP contribution in [0.5, 0.6) is 0 Å². The van der Waals surface area contributed by atoms with Gasteiger partial charge in [-0.1, -0.05) is 97.3 Å². The number of epoxide rings is 1. The standard InChI is InChI=1S/C23H46O3/c1-4-6-8-10-11-12-13-14-15-17-21(25-20-24-3)19-23-22(26-23)18-16-9-7-5-2/h21-23H,4-20H2,1-3H3. The van der Waals surface area contributed by atoms with E-state index in [0.717, 1.165) is 12.8 Å². The minimum Gasteiger partial charge on any atom is -0.369 e. The Bertz CT molecular complexity index is 295. The quantitative estimate of drug-likeness (QED) is 0.131. The second-order valence-corrected chi connectivity index (χ2v) is 8.11. The lowest BCUT2D eigenvalue weighted by Gasteiger charge is -2.16. The summed E-state index contributed by atoms with van der Waals surface area (Å²) in [4.78, 5) is 0. The number of hydrogen-bond donors (Lipinski definition) is 0. The van der Waals surface area contributed by atoms with Crippen molar-refractivity contribution in [1.29, 1.82) is 0 Å². The van der Waals surface area contributed by atoms with Gasteiger partial charge in [0, 0.05) is 13.5 Å². The maximum Gasteiger partial charge on any atom is 0.146 e. The fraction of sp³-hybridized carbons (Fsp3) is 1.00. The van der Waals surface area contributed by atoms with Crippen LogP contribution in [-0.4, -0.2) is 32.2 Å². The fourth-order valence-electron chi connectivity index (χ4n) is 3.79. The average Bonchev–Trinajstić information content (AvgIpc) is 3.39. The maximum atomic E-state index is 5.90. The summed E-state index contributed by atoms with van der Waals surface area (Å²) >= 11 is 0. The molecule has 0 bridgehead atoms. The van der Waals surface area contributed by atoms with Crippen molar-refractivity contribution >= 4 is 0 Å². The topological polar surface area (TPSA) is 31.0 Å². The molecule has 26 heavy (non-hydrogen) atoms. The second-order valence-electron chi connectivity index (χ2n) is 8.11. The smallest absolute Gasteiger partial charge is 0.146 e. The van der Waals surface area contributed by atoms with Crippen molar-refractivity contribution in [2.24, 2.45) is 0 Å². The molecule has 1 fully saturated rings. The normalized spacial score (nSPS) is 20.4. The Labute approximate surface area is 163 Å². The van der Waals surface area contributed by atoms with Gasteiger partial charge in [-0.05, 0) is 12.8 Å². The third-order valence-electron chi connectivity index (χ3n) is 5.58. The van der Waals surface area contributed by atoms with Crippen molar-refractivity contribution < 1.29 is 14.2 Å². The molecule has 1 aliphatic rings. The SMILES string of the molecule is CCCCCCCCCCCC(CC1OC1CCCCCC)OCOC. The third-order valence-corrected chi connectivity index (χ3v) is 5.58. The molecule has 0 N–H and O–H groups in total. The van der Waals surface area contributed by atoms with Gasteiger partial charge in [-0.2, -0.15) is 0 Å². The molecule has 156 valence electrons. The van der Waals surface area contributed by atoms with E-state index in [2.05, 4.69) is 13.8 Å². The van der Waals surface area contributed by atoms with Crippen LogP contribution in [0.3, 0.4) is 0 Å². The lowest BCUT2D eigenvalue weighted by Crippen LogP contribution is -2.18. The first-order valence-electron chi connectivity index (χ1n) is 11.6. The summed E-state index contributed by atoms with van der Waals surface area (Å²) in [7, 11) is 1.71. The molecule has 0 amide bonds. The van der Waals surface area contributed by atoms with E-state index >= 15 is 0 Å². The molecule has 3 atom stereocenters. The monoisotopic (exact) mass is 370 g/mol. The maximum absolute atomic E-state index is 5.90. The lowest BCUT2D eigenvalue weighted by molar-refractivity contribution is -0.0787. The number of methoxy groups -OCH3 is 1. The lowest BCUT2D eigenvalue weighted by atomic mass is 10.0. The Morgan fingerprint density at radius 2 is 1.31 bits per heavy atom. The highest BCUT2D eigenvalue weighted by molar-refractivity contribution is 4.87. The number of rotatable bonds is 20. The Morgan fingerprint density at radius 3 is 1.92 bits per heavy atom. The van der Waals surface area contributed by atoms with E-state index in [-0.39, 0.29) is 0 Å². The van der Waals surface area contributed by atoms with Gasteiger partial charge in [-0.15, -0.1) is 0 Å². The molecule has 1 heterocycles. The van der Waals surface area contributed by atoms with Crippen molar-refractivity contribution in [3.05, 3.63) is 0 Å². The van der Waals surface area contributed by atoms with Crippen LogP contribution >= 0.6 is 0 Å². The zero-order chi connectivity index (χ0) is 18.9. The van der Waals surface area contributed by atoms with Crippen LogP contribution in [0.4, 0.5) is 0 Å². The molecular formula is C23H46O3. The molecule has 1 saturated heterocycles. The predicted molar refractivity (Wildman–Crippen MR) is 111 cm³/mol. The Balaban J connectivity index is 2.03. The molecule has 3 heteroatoms. The second kappa shape index (κ2) is 17.0. The minimum atomic E-state index is 0.310. The van der Waals surface area contributed by atoms with Crippen LogP contribution in [0.25, 0.3) is 0 Å². The first-order valence-corrected chi connectivity index (χ1v) is 11.6. The summed E-state index contributed by atoms with van der Waals surface area (Å²) in [5, 5.41) is 0. The van der Waals surface area contributed by atoms with Crippen molar-refractivity contribution in [1.82, 2.24) is 0 Å². The average molecular weight is 371 g/mol. The molecule has 1 rings (SSSR count). The van der Waals surface area contributed by atoms with E-state index < -0.39 is 0 Å². The predicted octanol–water partition coefficient (Wildman–Crippen LogP) is 7.02. The first kappa shape index (κ1) is 23.9. The summed E-state index contributed by atoms with van der Waals surface area (Å²) in [5.74, 6) is 0. The van der Waals surface area contributed by atoms with E-state index in [1.165, 1.54) is 89.9 Å². The molecule has 3 unspecified atom stereocenters. The fourth-order valence-corrected chi connectivity index (χ4v) is 3.79. The van der Waals surface area contributed by atoms with Gasteiger partial charge < -0.3 is 14.2 Å². The molecule has 0 aromatic rings. The van der Waals surface area contributed by atoms with Crippen LogP contribution in [0.15, 0.2) is 0 Å². The van der Waals surface area contributed by atoms with E-state index in [0.29, 0.717) is 25.1 Å². The zero-order valence-electron chi connectivity index (χ0n) is 18.0. The number of hydrogen-bond acceptors (Lipinski definition) is 3. The van der Waals surface area contributed by atoms with E-state index in [4.69, 9.17) is 14.2 Å². The molecule has 0 saturated carbocycles. The van der Waals surface area contributed by atoms with Gasteiger partial charge in [0.25, 0.3) is 0 Å². The molecule has 0 aromatic carbocycles. The van der Waals surface area contributed by atoms with Gasteiger partial charge in [0.05, 0.1) is 18.3 Å². The van der Waals surface area contributed by atoms with E-state index in [1.54, 1.807) is 7.11 Å². The van der Waals surface area contributed by atoms with Crippen LogP contribution < -0.4 is 0 Å². The summed E-state index contributed by atoms with van der Waals surface area (Å²) in [6.45, 7) is 4.96. The molecule has 3 nitrogen and oxygen atoms in total. The summed E-state index contributed by atoms with van der Waals surface area (Å²) in [5.41, 5.74) is 0. The van der Waals surface area contributed by atoms with Gasteiger partial charge in [0.2, 0.25) is 0 Å². The molecular weight excluding hydrogens is 324 g/mol. The van der Waals surface area contributed by atoms with Crippen molar-refractivity contribution in [2.75, 3.05) is 13.9 Å². The van der Waals surface area contributed by atoms with Crippen LogP contribution in [0.2, 0.25) is 0 Å². The highest BCUT2D eigenvalue weighted by atomic mass is 16.7. The molecule has 1 aliphatic heterocycles. The van der Waals surface area contributed by atoms with Crippen molar-refractivity contribution in [3.63, 3.8) is 0 Å². The van der Waals surface area contributed by atoms with Crippen molar-refractivity contribution in [2.45, 2.75) is 135 Å². The van der Waals surface area contributed by atoms with Crippen LogP contribution in [0, 0.1) is 0 Å².